The van der Waals surface area contributed by atoms with Gasteiger partial charge in [0.15, 0.2) is 11.5 Å². The fourth-order valence-corrected chi connectivity index (χ4v) is 3.83. The molecule has 0 amide bonds. The lowest BCUT2D eigenvalue weighted by Crippen LogP contribution is -2.34. The molecule has 2 nitrogen and oxygen atoms in total. The molecular formula is C17H25BrO2. The Bertz CT molecular complexity index is 496. The molecule has 20 heavy (non-hydrogen) atoms. The Morgan fingerprint density at radius 3 is 2.25 bits per heavy atom. The van der Waals surface area contributed by atoms with Crippen LogP contribution in [0.1, 0.15) is 51.2 Å². The molecule has 0 radical (unpaired) electrons. The largest absolute Gasteiger partial charge is 0.493 e. The summed E-state index contributed by atoms with van der Waals surface area (Å²) in [5, 5.41) is 0.830. The highest BCUT2D eigenvalue weighted by Gasteiger charge is 2.48. The quantitative estimate of drug-likeness (QED) is 0.712. The fourth-order valence-electron chi connectivity index (χ4n) is 3.51. The van der Waals surface area contributed by atoms with E-state index in [-0.39, 0.29) is 10.8 Å². The van der Waals surface area contributed by atoms with Crippen LogP contribution in [0.3, 0.4) is 0 Å². The number of rotatable bonds is 4. The number of methoxy groups -OCH3 is 2. The molecule has 1 fully saturated rings. The van der Waals surface area contributed by atoms with Crippen molar-refractivity contribution in [2.75, 3.05) is 14.2 Å². The Kier molecular flexibility index (Phi) is 4.38. The van der Waals surface area contributed by atoms with Gasteiger partial charge in [-0.1, -0.05) is 49.2 Å². The number of hydrogen-bond acceptors (Lipinski definition) is 2. The number of benzene rings is 1. The van der Waals surface area contributed by atoms with Crippen molar-refractivity contribution >= 4 is 15.9 Å². The molecule has 0 saturated heterocycles. The predicted molar refractivity (Wildman–Crippen MR) is 87.2 cm³/mol. The van der Waals surface area contributed by atoms with E-state index in [1.54, 1.807) is 14.2 Å². The lowest BCUT2D eigenvalue weighted by Gasteiger charge is -2.40. The van der Waals surface area contributed by atoms with E-state index in [0.29, 0.717) is 0 Å². The van der Waals surface area contributed by atoms with Gasteiger partial charge in [-0.2, -0.15) is 0 Å². The summed E-state index contributed by atoms with van der Waals surface area (Å²) in [7, 11) is 3.45. The number of hydrogen-bond donors (Lipinski definition) is 0. The molecule has 112 valence electrons. The molecular weight excluding hydrogens is 316 g/mol. The molecule has 3 heteroatoms. The second kappa shape index (κ2) is 5.59. The molecule has 0 spiro atoms. The van der Waals surface area contributed by atoms with E-state index in [0.717, 1.165) is 16.8 Å². The summed E-state index contributed by atoms with van der Waals surface area (Å²) < 4.78 is 11.2. The van der Waals surface area contributed by atoms with Crippen LogP contribution >= 0.6 is 15.9 Å². The first-order valence-electron chi connectivity index (χ1n) is 7.21. The van der Waals surface area contributed by atoms with Crippen LogP contribution < -0.4 is 9.47 Å². The summed E-state index contributed by atoms with van der Waals surface area (Å²) in [6.07, 6.45) is 3.73. The first-order valence-corrected chi connectivity index (χ1v) is 8.33. The zero-order valence-electron chi connectivity index (χ0n) is 13.2. The Morgan fingerprint density at radius 2 is 1.80 bits per heavy atom. The molecule has 1 aromatic rings. The van der Waals surface area contributed by atoms with Crippen molar-refractivity contribution in [1.82, 2.24) is 0 Å². The van der Waals surface area contributed by atoms with Crippen LogP contribution in [0.2, 0.25) is 0 Å². The molecule has 0 aliphatic heterocycles. The molecule has 2 rings (SSSR count). The van der Waals surface area contributed by atoms with Crippen LogP contribution in [-0.4, -0.2) is 14.2 Å². The van der Waals surface area contributed by atoms with Crippen molar-refractivity contribution < 1.29 is 9.47 Å². The van der Waals surface area contributed by atoms with E-state index in [1.165, 1.54) is 30.4 Å². The van der Waals surface area contributed by atoms with Gasteiger partial charge in [-0.3, -0.25) is 0 Å². The van der Waals surface area contributed by atoms with Gasteiger partial charge in [0, 0.05) is 16.3 Å². The van der Waals surface area contributed by atoms with Gasteiger partial charge in [0.25, 0.3) is 0 Å². The number of halogens is 1. The van der Waals surface area contributed by atoms with E-state index in [2.05, 4.69) is 48.8 Å². The molecule has 0 bridgehead atoms. The Labute approximate surface area is 131 Å². The fraction of sp³-hybridized carbons (Fsp3) is 0.647. The average Bonchev–Trinajstić information content (AvgIpc) is 2.71. The lowest BCUT2D eigenvalue weighted by molar-refractivity contribution is 0.216. The van der Waals surface area contributed by atoms with E-state index in [4.69, 9.17) is 9.47 Å². The molecule has 0 unspecified atom stereocenters. The van der Waals surface area contributed by atoms with E-state index >= 15 is 0 Å². The van der Waals surface area contributed by atoms with Crippen molar-refractivity contribution in [3.05, 3.63) is 23.3 Å². The highest BCUT2D eigenvalue weighted by Crippen LogP contribution is 2.57. The summed E-state index contributed by atoms with van der Waals surface area (Å²) >= 11 is 3.56. The maximum absolute atomic E-state index is 5.70. The number of alkyl halides is 1. The van der Waals surface area contributed by atoms with Crippen molar-refractivity contribution in [3.8, 4) is 11.5 Å². The zero-order chi connectivity index (χ0) is 15.0. The van der Waals surface area contributed by atoms with Gasteiger partial charge in [0.1, 0.15) is 0 Å². The van der Waals surface area contributed by atoms with Gasteiger partial charge in [0.05, 0.1) is 14.2 Å². The Balaban J connectivity index is 2.66. The van der Waals surface area contributed by atoms with Crippen molar-refractivity contribution in [2.45, 2.75) is 50.8 Å². The van der Waals surface area contributed by atoms with Gasteiger partial charge in [-0.15, -0.1) is 0 Å². The molecule has 0 N–H and O–H groups in total. The molecule has 1 aliphatic rings. The van der Waals surface area contributed by atoms with Crippen LogP contribution in [-0.2, 0) is 10.7 Å². The molecule has 1 aliphatic carbocycles. The van der Waals surface area contributed by atoms with E-state index < -0.39 is 0 Å². The first kappa shape index (κ1) is 15.7. The van der Waals surface area contributed by atoms with Crippen LogP contribution in [0.4, 0.5) is 0 Å². The average molecular weight is 341 g/mol. The molecule has 0 aromatic heterocycles. The maximum Gasteiger partial charge on any atom is 0.164 e. The Morgan fingerprint density at radius 1 is 1.10 bits per heavy atom. The standard InChI is InChI=1S/C17H25BrO2/c1-16(2)7-6-8-17(16,3)13-9-12(11-18)10-14(19-4)15(13)20-5/h9-10H,6-8,11H2,1-5H3/t17-/m1/s1. The predicted octanol–water partition coefficient (Wildman–Crippen LogP) is 5.07. The zero-order valence-corrected chi connectivity index (χ0v) is 14.8. The van der Waals surface area contributed by atoms with Crippen LogP contribution in [0.15, 0.2) is 12.1 Å². The van der Waals surface area contributed by atoms with Gasteiger partial charge in [-0.05, 0) is 29.9 Å². The second-order valence-electron chi connectivity index (χ2n) is 6.58. The van der Waals surface area contributed by atoms with Gasteiger partial charge in [0.2, 0.25) is 0 Å². The Hall–Kier alpha value is -0.700. The van der Waals surface area contributed by atoms with Crippen molar-refractivity contribution in [2.24, 2.45) is 5.41 Å². The molecule has 0 heterocycles. The normalized spacial score (nSPS) is 24.7. The summed E-state index contributed by atoms with van der Waals surface area (Å²) in [5.74, 6) is 1.73. The molecule has 1 saturated carbocycles. The summed E-state index contributed by atoms with van der Waals surface area (Å²) in [4.78, 5) is 0. The third-order valence-electron chi connectivity index (χ3n) is 5.26. The monoisotopic (exact) mass is 340 g/mol. The third-order valence-corrected chi connectivity index (χ3v) is 5.91. The third kappa shape index (κ3) is 2.34. The van der Waals surface area contributed by atoms with Crippen molar-refractivity contribution in [1.29, 1.82) is 0 Å². The molecule has 1 atom stereocenters. The van der Waals surface area contributed by atoms with Crippen LogP contribution in [0.5, 0.6) is 11.5 Å². The van der Waals surface area contributed by atoms with E-state index in [9.17, 15) is 0 Å². The van der Waals surface area contributed by atoms with Crippen LogP contribution in [0.25, 0.3) is 0 Å². The minimum atomic E-state index is 0.129. The van der Waals surface area contributed by atoms with E-state index in [1.807, 2.05) is 0 Å². The highest BCUT2D eigenvalue weighted by molar-refractivity contribution is 9.08. The smallest absolute Gasteiger partial charge is 0.164 e. The minimum Gasteiger partial charge on any atom is -0.493 e. The van der Waals surface area contributed by atoms with Crippen molar-refractivity contribution in [3.63, 3.8) is 0 Å². The topological polar surface area (TPSA) is 18.5 Å². The van der Waals surface area contributed by atoms with Gasteiger partial charge >= 0.3 is 0 Å². The lowest BCUT2D eigenvalue weighted by atomic mass is 9.65. The van der Waals surface area contributed by atoms with Gasteiger partial charge in [-0.25, -0.2) is 0 Å². The minimum absolute atomic E-state index is 0.129. The molecule has 1 aromatic carbocycles. The first-order chi connectivity index (χ1) is 9.39. The highest BCUT2D eigenvalue weighted by atomic mass is 79.9. The second-order valence-corrected chi connectivity index (χ2v) is 7.14. The van der Waals surface area contributed by atoms with Gasteiger partial charge < -0.3 is 9.47 Å². The summed E-state index contributed by atoms with van der Waals surface area (Å²) in [6, 6.07) is 4.34. The van der Waals surface area contributed by atoms with Crippen LogP contribution in [0, 0.1) is 5.41 Å². The summed E-state index contributed by atoms with van der Waals surface area (Å²) in [5.41, 5.74) is 2.93. The maximum atomic E-state index is 5.70. The summed E-state index contributed by atoms with van der Waals surface area (Å²) in [6.45, 7) is 7.11. The SMILES string of the molecule is COc1cc(CBr)cc([C@@]2(C)CCCC2(C)C)c1OC. The number of ether oxygens (including phenoxy) is 2.